The van der Waals surface area contributed by atoms with Crippen molar-refractivity contribution < 1.29 is 22.7 Å². The van der Waals surface area contributed by atoms with Gasteiger partial charge in [0.15, 0.2) is 15.6 Å². The van der Waals surface area contributed by atoms with Gasteiger partial charge in [0, 0.05) is 12.1 Å². The second-order valence-corrected chi connectivity index (χ2v) is 8.23. The fraction of sp³-hybridized carbons (Fsp3) is 0.643. The molecule has 0 saturated carbocycles. The van der Waals surface area contributed by atoms with E-state index in [1.807, 2.05) is 0 Å². The third-order valence-corrected chi connectivity index (χ3v) is 7.29. The second-order valence-electron chi connectivity index (χ2n) is 5.72. The number of fused-ring (bicyclic) bond motifs is 2. The Bertz CT molecular complexity index is 683. The number of rotatable bonds is 4. The highest BCUT2D eigenvalue weighted by atomic mass is 32.2. The lowest BCUT2D eigenvalue weighted by Crippen LogP contribution is -2.36. The van der Waals surface area contributed by atoms with Gasteiger partial charge in [-0.15, -0.1) is 0 Å². The van der Waals surface area contributed by atoms with E-state index in [2.05, 4.69) is 9.97 Å². The number of ketones is 1. The third-order valence-electron chi connectivity index (χ3n) is 4.58. The normalized spacial score (nSPS) is 29.1. The summed E-state index contributed by atoms with van der Waals surface area (Å²) in [6.07, 6.45) is 3.47. The molecule has 2 unspecified atom stereocenters. The van der Waals surface area contributed by atoms with Crippen molar-refractivity contribution in [3.63, 3.8) is 0 Å². The van der Waals surface area contributed by atoms with Gasteiger partial charge in [0.05, 0.1) is 30.3 Å². The standard InChI is InChI=1S/C14H18N2O5S/c1-20-13-11(7-15-14(16-13)21-2)12(17)8-5-9-3-4-10(6-8)22(9,18)19/h7-10H,3-6H2,1-2H3. The molecule has 0 aliphatic carbocycles. The van der Waals surface area contributed by atoms with E-state index in [4.69, 9.17) is 9.47 Å². The predicted molar refractivity (Wildman–Crippen MR) is 77.9 cm³/mol. The molecular weight excluding hydrogens is 308 g/mol. The Kier molecular flexibility index (Phi) is 3.80. The molecule has 2 atom stereocenters. The number of carbonyl (C=O) groups excluding carboxylic acids is 1. The minimum atomic E-state index is -3.04. The van der Waals surface area contributed by atoms with Crippen LogP contribution in [-0.2, 0) is 9.84 Å². The summed E-state index contributed by atoms with van der Waals surface area (Å²) in [4.78, 5) is 20.7. The van der Waals surface area contributed by atoms with Crippen LogP contribution in [0.4, 0.5) is 0 Å². The molecule has 0 N–H and O–H groups in total. The van der Waals surface area contributed by atoms with Crippen LogP contribution < -0.4 is 9.47 Å². The van der Waals surface area contributed by atoms with E-state index in [1.165, 1.54) is 20.4 Å². The van der Waals surface area contributed by atoms with E-state index >= 15 is 0 Å². The van der Waals surface area contributed by atoms with Crippen LogP contribution in [0.25, 0.3) is 0 Å². The van der Waals surface area contributed by atoms with Crippen LogP contribution >= 0.6 is 0 Å². The maximum atomic E-state index is 12.7. The lowest BCUT2D eigenvalue weighted by atomic mass is 9.91. The molecule has 2 aliphatic heterocycles. The summed E-state index contributed by atoms with van der Waals surface area (Å²) >= 11 is 0. The summed E-state index contributed by atoms with van der Waals surface area (Å²) in [6.45, 7) is 0. The van der Waals surface area contributed by atoms with Crippen LogP contribution in [0.3, 0.4) is 0 Å². The van der Waals surface area contributed by atoms with Gasteiger partial charge in [0.25, 0.3) is 0 Å². The lowest BCUT2D eigenvalue weighted by molar-refractivity contribution is 0.0900. The van der Waals surface area contributed by atoms with E-state index in [1.54, 1.807) is 0 Å². The first-order chi connectivity index (χ1) is 10.5. The average molecular weight is 326 g/mol. The van der Waals surface area contributed by atoms with Crippen LogP contribution in [0.15, 0.2) is 6.20 Å². The molecule has 2 aliphatic rings. The first-order valence-electron chi connectivity index (χ1n) is 7.19. The van der Waals surface area contributed by atoms with Crippen LogP contribution in [0.5, 0.6) is 11.9 Å². The Morgan fingerprint density at radius 1 is 1.18 bits per heavy atom. The highest BCUT2D eigenvalue weighted by molar-refractivity contribution is 7.93. The van der Waals surface area contributed by atoms with Crippen molar-refractivity contribution in [2.24, 2.45) is 5.92 Å². The topological polar surface area (TPSA) is 95.5 Å². The van der Waals surface area contributed by atoms with E-state index in [0.29, 0.717) is 25.7 Å². The largest absolute Gasteiger partial charge is 0.480 e. The summed E-state index contributed by atoms with van der Waals surface area (Å²) < 4.78 is 34.3. The molecule has 0 aromatic carbocycles. The second kappa shape index (κ2) is 5.49. The van der Waals surface area contributed by atoms with E-state index < -0.39 is 9.84 Å². The van der Waals surface area contributed by atoms with Crippen molar-refractivity contribution >= 4 is 15.6 Å². The summed E-state index contributed by atoms with van der Waals surface area (Å²) in [7, 11) is -0.184. The SMILES string of the molecule is COc1ncc(C(=O)C2CC3CCC(C2)S3(=O)=O)c(OC)n1. The van der Waals surface area contributed by atoms with E-state index in [-0.39, 0.29) is 39.7 Å². The Labute approximate surface area is 129 Å². The van der Waals surface area contributed by atoms with Crippen molar-refractivity contribution in [3.05, 3.63) is 11.8 Å². The Balaban J connectivity index is 1.87. The smallest absolute Gasteiger partial charge is 0.319 e. The van der Waals surface area contributed by atoms with Gasteiger partial charge in [-0.3, -0.25) is 4.79 Å². The van der Waals surface area contributed by atoms with Crippen LogP contribution in [-0.4, -0.2) is 48.9 Å². The zero-order valence-corrected chi connectivity index (χ0v) is 13.3. The zero-order valence-electron chi connectivity index (χ0n) is 12.5. The summed E-state index contributed by atoms with van der Waals surface area (Å²) in [5, 5.41) is -0.768. The van der Waals surface area contributed by atoms with Gasteiger partial charge < -0.3 is 9.47 Å². The number of hydrogen-bond donors (Lipinski definition) is 0. The molecule has 3 rings (SSSR count). The Hall–Kier alpha value is -1.70. The van der Waals surface area contributed by atoms with Crippen molar-refractivity contribution in [2.75, 3.05) is 14.2 Å². The number of aromatic nitrogens is 2. The predicted octanol–water partition coefficient (Wildman–Crippen LogP) is 1.03. The first-order valence-corrected chi connectivity index (χ1v) is 8.80. The van der Waals surface area contributed by atoms with Gasteiger partial charge >= 0.3 is 6.01 Å². The fourth-order valence-electron chi connectivity index (χ4n) is 3.42. The minimum Gasteiger partial charge on any atom is -0.480 e. The van der Waals surface area contributed by atoms with Gasteiger partial charge in [-0.05, 0) is 25.7 Å². The quantitative estimate of drug-likeness (QED) is 0.763. The summed E-state index contributed by atoms with van der Waals surface area (Å²) in [5.74, 6) is -0.296. The fourth-order valence-corrected chi connectivity index (χ4v) is 5.89. The van der Waals surface area contributed by atoms with Crippen molar-refractivity contribution in [1.29, 1.82) is 0 Å². The molecule has 2 saturated heterocycles. The average Bonchev–Trinajstić information content (AvgIpc) is 2.72. The van der Waals surface area contributed by atoms with E-state index in [0.717, 1.165) is 0 Å². The maximum absolute atomic E-state index is 12.7. The highest BCUT2D eigenvalue weighted by Crippen LogP contribution is 2.42. The Morgan fingerprint density at radius 2 is 1.82 bits per heavy atom. The molecular formula is C14H18N2O5S. The zero-order chi connectivity index (χ0) is 15.9. The monoisotopic (exact) mass is 326 g/mol. The minimum absolute atomic E-state index is 0.125. The molecule has 8 heteroatoms. The molecule has 0 radical (unpaired) electrons. The van der Waals surface area contributed by atoms with Crippen LogP contribution in [0.2, 0.25) is 0 Å². The molecule has 3 heterocycles. The molecule has 2 fully saturated rings. The van der Waals surface area contributed by atoms with Gasteiger partial charge in [0.1, 0.15) is 0 Å². The van der Waals surface area contributed by atoms with Gasteiger partial charge in [0.2, 0.25) is 5.88 Å². The molecule has 1 aromatic heterocycles. The first kappa shape index (κ1) is 15.2. The molecule has 1 aromatic rings. The number of carbonyl (C=O) groups is 1. The highest BCUT2D eigenvalue weighted by Gasteiger charge is 2.48. The van der Waals surface area contributed by atoms with Crippen molar-refractivity contribution in [1.82, 2.24) is 9.97 Å². The molecule has 0 spiro atoms. The van der Waals surface area contributed by atoms with Crippen molar-refractivity contribution in [3.8, 4) is 11.9 Å². The number of Topliss-reactive ketones (excluding diaryl/α,β-unsaturated/α-hetero) is 1. The summed E-state index contributed by atoms with van der Waals surface area (Å²) in [5.41, 5.74) is 0.284. The number of ether oxygens (including phenoxy) is 2. The Morgan fingerprint density at radius 3 is 2.36 bits per heavy atom. The summed E-state index contributed by atoms with van der Waals surface area (Å²) in [6, 6.07) is 0.125. The number of nitrogens with zero attached hydrogens (tertiary/aromatic N) is 2. The van der Waals surface area contributed by atoms with E-state index in [9.17, 15) is 13.2 Å². The molecule has 0 amide bonds. The molecule has 7 nitrogen and oxygen atoms in total. The lowest BCUT2D eigenvalue weighted by Gasteiger charge is -2.27. The molecule has 22 heavy (non-hydrogen) atoms. The van der Waals surface area contributed by atoms with Crippen LogP contribution in [0, 0.1) is 5.92 Å². The maximum Gasteiger partial charge on any atom is 0.319 e. The van der Waals surface area contributed by atoms with Gasteiger partial charge in [-0.25, -0.2) is 13.4 Å². The van der Waals surface area contributed by atoms with Gasteiger partial charge in [-0.1, -0.05) is 0 Å². The molecule has 2 bridgehead atoms. The number of methoxy groups -OCH3 is 2. The van der Waals surface area contributed by atoms with Gasteiger partial charge in [-0.2, -0.15) is 4.98 Å². The van der Waals surface area contributed by atoms with Crippen LogP contribution in [0.1, 0.15) is 36.0 Å². The number of hydrogen-bond acceptors (Lipinski definition) is 7. The van der Waals surface area contributed by atoms with Crippen molar-refractivity contribution in [2.45, 2.75) is 36.2 Å². The third kappa shape index (κ3) is 2.35. The number of sulfone groups is 1. The molecule has 120 valence electrons.